The molecule has 0 aliphatic heterocycles. The minimum Gasteiger partial charge on any atom is -0.406 e. The summed E-state index contributed by atoms with van der Waals surface area (Å²) >= 11 is 0. The van der Waals surface area contributed by atoms with E-state index < -0.39 is 6.09 Å². The van der Waals surface area contributed by atoms with Crippen LogP contribution in [0.3, 0.4) is 0 Å². The van der Waals surface area contributed by atoms with Crippen molar-refractivity contribution in [2.45, 2.75) is 0 Å². The van der Waals surface area contributed by atoms with Crippen molar-refractivity contribution < 1.29 is 9.53 Å². The highest BCUT2D eigenvalue weighted by Gasteiger charge is 2.16. The van der Waals surface area contributed by atoms with Gasteiger partial charge >= 0.3 is 6.09 Å². The number of nitrogens with two attached hydrogens (primary N) is 2. The first-order chi connectivity index (χ1) is 12.4. The smallest absolute Gasteiger partial charge is 0.406 e. The summed E-state index contributed by atoms with van der Waals surface area (Å²) < 4.78 is 5.31. The van der Waals surface area contributed by atoms with Gasteiger partial charge in [0.15, 0.2) is 17.4 Å². The lowest BCUT2D eigenvalue weighted by Gasteiger charge is -2.19. The second-order valence-electron chi connectivity index (χ2n) is 5.90. The van der Waals surface area contributed by atoms with E-state index in [-0.39, 0.29) is 23.1 Å². The highest BCUT2D eigenvalue weighted by Crippen LogP contribution is 2.31. The molecule has 9 nitrogen and oxygen atoms in total. The van der Waals surface area contributed by atoms with Crippen LogP contribution in [0.4, 0.5) is 27.8 Å². The van der Waals surface area contributed by atoms with Crippen LogP contribution in [0, 0.1) is 0 Å². The Morgan fingerprint density at radius 1 is 1.08 bits per heavy atom. The summed E-state index contributed by atoms with van der Waals surface area (Å²) in [6.45, 7) is 1.21. The number of carbonyl (C=O) groups is 1. The average molecular weight is 357 g/mol. The van der Waals surface area contributed by atoms with Crippen molar-refractivity contribution >= 4 is 29.1 Å². The van der Waals surface area contributed by atoms with Crippen molar-refractivity contribution in [1.29, 1.82) is 0 Å². The molecule has 0 fully saturated rings. The van der Waals surface area contributed by atoms with Crippen molar-refractivity contribution in [3.8, 4) is 5.75 Å². The van der Waals surface area contributed by atoms with E-state index in [2.05, 4.69) is 15.2 Å². The summed E-state index contributed by atoms with van der Waals surface area (Å²) in [6.07, 6.45) is -0.545. The second kappa shape index (κ2) is 8.77. The molecule has 1 aromatic carbocycles. The van der Waals surface area contributed by atoms with E-state index in [1.165, 1.54) is 11.0 Å². The second-order valence-corrected chi connectivity index (χ2v) is 5.90. The van der Waals surface area contributed by atoms with Gasteiger partial charge in [-0.25, -0.2) is 9.78 Å². The molecule has 0 radical (unpaired) electrons. The van der Waals surface area contributed by atoms with E-state index in [1.54, 1.807) is 19.2 Å². The third kappa shape index (κ3) is 5.42. The van der Waals surface area contributed by atoms with Gasteiger partial charge in [0.25, 0.3) is 0 Å². The molecular formula is C17H23N7O2. The van der Waals surface area contributed by atoms with E-state index >= 15 is 0 Å². The Bertz CT molecular complexity index is 778. The van der Waals surface area contributed by atoms with Crippen LogP contribution in [0.2, 0.25) is 0 Å². The number of aromatic nitrogens is 1. The minimum absolute atomic E-state index is 0.00974. The number of benzene rings is 1. The third-order valence-electron chi connectivity index (χ3n) is 3.44. The highest BCUT2D eigenvalue weighted by atomic mass is 16.6. The quantitative estimate of drug-likeness (QED) is 0.766. The fraction of sp³-hybridized carbons (Fsp3) is 0.294. The molecule has 0 aliphatic rings. The zero-order chi connectivity index (χ0) is 19.1. The number of nitrogen functional groups attached to an aromatic ring is 2. The largest absolute Gasteiger partial charge is 0.415 e. The zero-order valence-electron chi connectivity index (χ0n) is 15.1. The first-order valence-electron chi connectivity index (χ1n) is 7.97. The van der Waals surface area contributed by atoms with Gasteiger partial charge in [-0.15, -0.1) is 5.11 Å². The minimum atomic E-state index is -0.545. The van der Waals surface area contributed by atoms with Crippen LogP contribution in [0.15, 0.2) is 46.6 Å². The Balaban J connectivity index is 2.14. The predicted octanol–water partition coefficient (Wildman–Crippen LogP) is 2.65. The molecule has 1 heterocycles. The number of pyridine rings is 1. The molecular weight excluding hydrogens is 334 g/mol. The summed E-state index contributed by atoms with van der Waals surface area (Å²) in [4.78, 5) is 19.5. The monoisotopic (exact) mass is 357 g/mol. The number of anilines is 2. The molecule has 1 amide bonds. The maximum atomic E-state index is 12.2. The normalized spacial score (nSPS) is 11.1. The Labute approximate surface area is 152 Å². The van der Waals surface area contributed by atoms with Gasteiger partial charge < -0.3 is 26.0 Å². The fourth-order valence-electron chi connectivity index (χ4n) is 1.90. The van der Waals surface area contributed by atoms with Gasteiger partial charge in [0, 0.05) is 26.2 Å². The van der Waals surface area contributed by atoms with Gasteiger partial charge in [-0.1, -0.05) is 18.2 Å². The number of likely N-dealkylation sites (N-methyl/N-ethyl adjacent to an activating group) is 2. The number of carbonyl (C=O) groups excluding carboxylic acids is 1. The van der Waals surface area contributed by atoms with E-state index in [0.29, 0.717) is 18.8 Å². The van der Waals surface area contributed by atoms with Crippen LogP contribution in [-0.4, -0.2) is 55.1 Å². The molecule has 2 aromatic rings. The lowest BCUT2D eigenvalue weighted by molar-refractivity contribution is 0.159. The molecule has 1 aromatic heterocycles. The first kappa shape index (κ1) is 19.1. The fourth-order valence-corrected chi connectivity index (χ4v) is 1.90. The van der Waals surface area contributed by atoms with Crippen LogP contribution in [0.5, 0.6) is 5.75 Å². The topological polar surface area (TPSA) is 122 Å². The van der Waals surface area contributed by atoms with Crippen molar-refractivity contribution in [3.63, 3.8) is 0 Å². The lowest BCUT2D eigenvalue weighted by Crippen LogP contribution is -2.35. The summed E-state index contributed by atoms with van der Waals surface area (Å²) in [7, 11) is 5.49. The van der Waals surface area contributed by atoms with Crippen LogP contribution in [-0.2, 0) is 0 Å². The Kier molecular flexibility index (Phi) is 6.45. The molecule has 2 rings (SSSR count). The molecule has 0 atom stereocenters. The summed E-state index contributed by atoms with van der Waals surface area (Å²) in [5, 5.41) is 8.14. The van der Waals surface area contributed by atoms with Crippen LogP contribution in [0.1, 0.15) is 0 Å². The zero-order valence-corrected chi connectivity index (χ0v) is 15.1. The van der Waals surface area contributed by atoms with Crippen molar-refractivity contribution in [1.82, 2.24) is 14.8 Å². The van der Waals surface area contributed by atoms with Crippen LogP contribution in [0.25, 0.3) is 0 Å². The summed E-state index contributed by atoms with van der Waals surface area (Å²) in [5.74, 6) is 0.196. The molecule has 0 saturated heterocycles. The molecule has 0 aliphatic carbocycles. The van der Waals surface area contributed by atoms with Gasteiger partial charge in [0.05, 0.1) is 5.69 Å². The third-order valence-corrected chi connectivity index (χ3v) is 3.44. The van der Waals surface area contributed by atoms with E-state index in [0.717, 1.165) is 0 Å². The number of azo groups is 1. The highest BCUT2D eigenvalue weighted by molar-refractivity contribution is 5.74. The predicted molar refractivity (Wildman–Crippen MR) is 101 cm³/mol. The van der Waals surface area contributed by atoms with E-state index in [4.69, 9.17) is 16.2 Å². The van der Waals surface area contributed by atoms with Gasteiger partial charge in [-0.05, 0) is 26.2 Å². The van der Waals surface area contributed by atoms with Gasteiger partial charge in [-0.3, -0.25) is 0 Å². The standard InChI is InChI=1S/C17H23N7O2/c1-23(2)9-10-24(3)17(25)26-14-11-13(15(18)20-16(14)19)22-21-12-7-5-4-6-8-12/h4-8,11H,9-10H2,1-3H3,(H4,18,19,20)/b22-21+. The van der Waals surface area contributed by atoms with Crippen LogP contribution < -0.4 is 16.2 Å². The van der Waals surface area contributed by atoms with Crippen molar-refractivity contribution in [2.24, 2.45) is 10.2 Å². The van der Waals surface area contributed by atoms with Gasteiger partial charge in [0.1, 0.15) is 5.69 Å². The molecule has 0 bridgehead atoms. The molecule has 4 N–H and O–H groups in total. The Morgan fingerprint density at radius 2 is 1.77 bits per heavy atom. The van der Waals surface area contributed by atoms with Gasteiger partial charge in [0.2, 0.25) is 0 Å². The molecule has 0 spiro atoms. The maximum Gasteiger partial charge on any atom is 0.415 e. The average Bonchev–Trinajstić information content (AvgIpc) is 2.61. The number of ether oxygens (including phenoxy) is 1. The van der Waals surface area contributed by atoms with Gasteiger partial charge in [-0.2, -0.15) is 5.11 Å². The number of amides is 1. The Hall–Kier alpha value is -3.20. The number of nitrogens with zero attached hydrogens (tertiary/aromatic N) is 5. The van der Waals surface area contributed by atoms with Crippen LogP contribution >= 0.6 is 0 Å². The number of hydrogen-bond donors (Lipinski definition) is 2. The molecule has 0 unspecified atom stereocenters. The summed E-state index contributed by atoms with van der Waals surface area (Å²) in [5.41, 5.74) is 12.5. The van der Waals surface area contributed by atoms with Crippen molar-refractivity contribution in [2.75, 3.05) is 45.7 Å². The number of hydrogen-bond acceptors (Lipinski definition) is 8. The summed E-state index contributed by atoms with van der Waals surface area (Å²) in [6, 6.07) is 10.6. The Morgan fingerprint density at radius 3 is 2.42 bits per heavy atom. The molecule has 0 saturated carbocycles. The van der Waals surface area contributed by atoms with Crippen molar-refractivity contribution in [3.05, 3.63) is 36.4 Å². The molecule has 26 heavy (non-hydrogen) atoms. The first-order valence-corrected chi connectivity index (χ1v) is 7.97. The molecule has 9 heteroatoms. The maximum absolute atomic E-state index is 12.2. The molecule has 138 valence electrons. The lowest BCUT2D eigenvalue weighted by atomic mass is 10.3. The SMILES string of the molecule is CN(C)CCN(C)C(=O)Oc1cc(/N=N/c2ccccc2)c(N)nc1N. The van der Waals surface area contributed by atoms with E-state index in [1.807, 2.05) is 37.2 Å². The van der Waals surface area contributed by atoms with E-state index in [9.17, 15) is 4.79 Å². The number of rotatable bonds is 6.